The van der Waals surface area contributed by atoms with E-state index in [9.17, 15) is 8.78 Å². The molecule has 3 heteroatoms. The van der Waals surface area contributed by atoms with Gasteiger partial charge in [-0.05, 0) is 60.7 Å². The molecule has 0 bridgehead atoms. The Labute approximate surface area is 120 Å². The summed E-state index contributed by atoms with van der Waals surface area (Å²) in [4.78, 5) is -0.139. The zero-order valence-corrected chi connectivity index (χ0v) is 12.7. The average molecular weight is 325 g/mol. The molecule has 0 aliphatic heterocycles. The molecule has 0 aliphatic rings. The molecule has 19 heavy (non-hydrogen) atoms. The summed E-state index contributed by atoms with van der Waals surface area (Å²) in [5.41, 5.74) is 3.85. The molecule has 0 nitrogen and oxygen atoms in total. The Bertz CT molecular complexity index is 577. The number of aryl methyl sites for hydroxylation is 3. The van der Waals surface area contributed by atoms with Gasteiger partial charge in [-0.3, -0.25) is 0 Å². The number of alkyl halides is 1. The van der Waals surface area contributed by atoms with Gasteiger partial charge >= 0.3 is 0 Å². The third kappa shape index (κ3) is 3.03. The molecular weight excluding hydrogens is 310 g/mol. The van der Waals surface area contributed by atoms with E-state index in [-0.39, 0.29) is 16.5 Å². The van der Waals surface area contributed by atoms with E-state index in [1.165, 1.54) is 12.1 Å². The van der Waals surface area contributed by atoms with E-state index in [1.54, 1.807) is 26.0 Å². The molecule has 2 aromatic carbocycles. The second-order valence-electron chi connectivity index (χ2n) is 4.89. The quantitative estimate of drug-likeness (QED) is 0.651. The molecule has 0 spiro atoms. The molecule has 0 amide bonds. The van der Waals surface area contributed by atoms with Crippen LogP contribution in [0.5, 0.6) is 0 Å². The predicted octanol–water partition coefficient (Wildman–Crippen LogP) is 5.37. The van der Waals surface area contributed by atoms with E-state index in [0.717, 1.165) is 16.7 Å². The average Bonchev–Trinajstić information content (AvgIpc) is 2.33. The number of hydrogen-bond donors (Lipinski definition) is 0. The van der Waals surface area contributed by atoms with E-state index in [2.05, 4.69) is 15.9 Å². The van der Waals surface area contributed by atoms with Crippen LogP contribution in [0.25, 0.3) is 0 Å². The first kappa shape index (κ1) is 14.2. The lowest BCUT2D eigenvalue weighted by atomic mass is 9.99. The Kier molecular flexibility index (Phi) is 4.04. The summed E-state index contributed by atoms with van der Waals surface area (Å²) in [5, 5.41) is 0. The van der Waals surface area contributed by atoms with Crippen molar-refractivity contribution in [2.45, 2.75) is 25.6 Å². The Balaban J connectivity index is 2.46. The normalized spacial score (nSPS) is 12.5. The fraction of sp³-hybridized carbons (Fsp3) is 0.250. The van der Waals surface area contributed by atoms with Crippen LogP contribution >= 0.6 is 15.9 Å². The molecule has 0 aliphatic carbocycles. The number of hydrogen-bond acceptors (Lipinski definition) is 0. The fourth-order valence-electron chi connectivity index (χ4n) is 2.23. The molecule has 0 radical (unpaired) electrons. The Morgan fingerprint density at radius 3 is 1.89 bits per heavy atom. The molecule has 0 N–H and O–H groups in total. The molecule has 0 saturated carbocycles. The monoisotopic (exact) mass is 324 g/mol. The van der Waals surface area contributed by atoms with Gasteiger partial charge in [-0.1, -0.05) is 34.1 Å². The van der Waals surface area contributed by atoms with E-state index < -0.39 is 0 Å². The number of rotatable bonds is 2. The molecule has 2 aromatic rings. The molecule has 0 aromatic heterocycles. The van der Waals surface area contributed by atoms with Crippen LogP contribution in [-0.2, 0) is 0 Å². The molecule has 1 unspecified atom stereocenters. The third-order valence-corrected chi connectivity index (χ3v) is 4.17. The van der Waals surface area contributed by atoms with Gasteiger partial charge in [-0.25, -0.2) is 8.78 Å². The molecule has 100 valence electrons. The molecule has 0 saturated heterocycles. The second-order valence-corrected chi connectivity index (χ2v) is 5.81. The van der Waals surface area contributed by atoms with Crippen LogP contribution in [0.2, 0.25) is 0 Å². The molecular formula is C16H15BrF2. The first-order valence-corrected chi connectivity index (χ1v) is 6.98. The zero-order valence-electron chi connectivity index (χ0n) is 11.1. The van der Waals surface area contributed by atoms with Gasteiger partial charge in [0.15, 0.2) is 0 Å². The second kappa shape index (κ2) is 5.41. The maximum absolute atomic E-state index is 13.6. The Hall–Kier alpha value is -1.22. The van der Waals surface area contributed by atoms with Crippen LogP contribution in [-0.4, -0.2) is 0 Å². The largest absolute Gasteiger partial charge is 0.207 e. The predicted molar refractivity (Wildman–Crippen MR) is 77.8 cm³/mol. The standard InChI is InChI=1S/C16H15BrF2/c1-9-4-12(8-14(18)5-9)15(17)13-6-10(2)16(19)11(3)7-13/h4-8,15H,1-3H3. The highest BCUT2D eigenvalue weighted by Gasteiger charge is 2.14. The zero-order chi connectivity index (χ0) is 14.2. The van der Waals surface area contributed by atoms with Crippen molar-refractivity contribution in [3.63, 3.8) is 0 Å². The molecule has 0 heterocycles. The number of benzene rings is 2. The van der Waals surface area contributed by atoms with Gasteiger partial charge in [0.2, 0.25) is 0 Å². The minimum atomic E-state index is -0.255. The van der Waals surface area contributed by atoms with Crippen molar-refractivity contribution in [2.24, 2.45) is 0 Å². The van der Waals surface area contributed by atoms with Gasteiger partial charge < -0.3 is 0 Å². The SMILES string of the molecule is Cc1cc(F)cc(C(Br)c2cc(C)c(F)c(C)c2)c1. The first-order valence-electron chi connectivity index (χ1n) is 6.06. The smallest absolute Gasteiger partial charge is 0.129 e. The minimum Gasteiger partial charge on any atom is -0.207 e. The first-order chi connectivity index (χ1) is 8.88. The Morgan fingerprint density at radius 1 is 0.842 bits per heavy atom. The van der Waals surface area contributed by atoms with E-state index in [1.807, 2.05) is 13.0 Å². The summed E-state index contributed by atoms with van der Waals surface area (Å²) in [5.74, 6) is -0.436. The van der Waals surface area contributed by atoms with Gasteiger partial charge in [0, 0.05) is 0 Å². The van der Waals surface area contributed by atoms with E-state index >= 15 is 0 Å². The van der Waals surface area contributed by atoms with Gasteiger partial charge in [0.05, 0.1) is 4.83 Å². The summed E-state index contributed by atoms with van der Waals surface area (Å²) in [6.45, 7) is 5.33. The van der Waals surface area contributed by atoms with Crippen LogP contribution in [0.15, 0.2) is 30.3 Å². The number of halogens is 3. The van der Waals surface area contributed by atoms with Crippen LogP contribution in [0, 0.1) is 32.4 Å². The molecule has 2 rings (SSSR count). The topological polar surface area (TPSA) is 0 Å². The highest BCUT2D eigenvalue weighted by atomic mass is 79.9. The highest BCUT2D eigenvalue weighted by Crippen LogP contribution is 2.33. The molecule has 0 fully saturated rings. The van der Waals surface area contributed by atoms with Gasteiger partial charge in [0.25, 0.3) is 0 Å². The lowest BCUT2D eigenvalue weighted by Gasteiger charge is -2.14. The van der Waals surface area contributed by atoms with Crippen molar-refractivity contribution in [1.29, 1.82) is 0 Å². The van der Waals surface area contributed by atoms with E-state index in [4.69, 9.17) is 0 Å². The maximum Gasteiger partial charge on any atom is 0.129 e. The van der Waals surface area contributed by atoms with Crippen molar-refractivity contribution >= 4 is 15.9 Å². The Morgan fingerprint density at radius 2 is 1.37 bits per heavy atom. The highest BCUT2D eigenvalue weighted by molar-refractivity contribution is 9.09. The summed E-state index contributed by atoms with van der Waals surface area (Å²) >= 11 is 3.57. The van der Waals surface area contributed by atoms with Gasteiger partial charge in [0.1, 0.15) is 11.6 Å². The van der Waals surface area contributed by atoms with Crippen molar-refractivity contribution in [1.82, 2.24) is 0 Å². The van der Waals surface area contributed by atoms with Crippen LogP contribution in [0.3, 0.4) is 0 Å². The maximum atomic E-state index is 13.6. The van der Waals surface area contributed by atoms with Crippen LogP contribution < -0.4 is 0 Å². The summed E-state index contributed by atoms with van der Waals surface area (Å²) in [7, 11) is 0. The van der Waals surface area contributed by atoms with E-state index in [0.29, 0.717) is 11.1 Å². The lowest BCUT2D eigenvalue weighted by Crippen LogP contribution is -1.98. The third-order valence-electron chi connectivity index (χ3n) is 3.11. The van der Waals surface area contributed by atoms with Crippen LogP contribution in [0.4, 0.5) is 8.78 Å². The summed E-state index contributed by atoms with van der Waals surface area (Å²) in [6, 6.07) is 8.51. The van der Waals surface area contributed by atoms with Crippen LogP contribution in [0.1, 0.15) is 32.6 Å². The fourth-order valence-corrected chi connectivity index (χ4v) is 2.76. The van der Waals surface area contributed by atoms with Gasteiger partial charge in [-0.2, -0.15) is 0 Å². The summed E-state index contributed by atoms with van der Waals surface area (Å²) in [6.07, 6.45) is 0. The van der Waals surface area contributed by atoms with Gasteiger partial charge in [-0.15, -0.1) is 0 Å². The van der Waals surface area contributed by atoms with Crippen molar-refractivity contribution in [3.8, 4) is 0 Å². The van der Waals surface area contributed by atoms with Crippen molar-refractivity contribution in [2.75, 3.05) is 0 Å². The lowest BCUT2D eigenvalue weighted by molar-refractivity contribution is 0.608. The minimum absolute atomic E-state index is 0.139. The summed E-state index contributed by atoms with van der Waals surface area (Å²) < 4.78 is 27.1. The van der Waals surface area contributed by atoms with Crippen molar-refractivity contribution in [3.05, 3.63) is 69.8 Å². The van der Waals surface area contributed by atoms with Crippen molar-refractivity contribution < 1.29 is 8.78 Å². The molecule has 1 atom stereocenters.